The molecular formula is C69H45B2N3O3. The summed E-state index contributed by atoms with van der Waals surface area (Å²) in [4.78, 5) is 7.53. The molecule has 0 saturated carbocycles. The van der Waals surface area contributed by atoms with E-state index < -0.39 is 0 Å². The molecule has 0 aromatic heterocycles. The number of anilines is 9. The number of hydrogen-bond acceptors (Lipinski definition) is 6. The maximum atomic E-state index is 7.09. The van der Waals surface area contributed by atoms with Gasteiger partial charge < -0.3 is 28.9 Å². The second-order valence-corrected chi connectivity index (χ2v) is 20.4. The Balaban J connectivity index is 1.01. The molecule has 0 amide bonds. The molecule has 77 heavy (non-hydrogen) atoms. The van der Waals surface area contributed by atoms with E-state index in [4.69, 9.17) is 14.2 Å². The third-order valence-corrected chi connectivity index (χ3v) is 15.9. The van der Waals surface area contributed by atoms with Crippen LogP contribution in [0.1, 0.15) is 5.56 Å². The largest absolute Gasteiger partial charge is 0.458 e. The van der Waals surface area contributed by atoms with E-state index in [2.05, 4.69) is 216 Å². The lowest BCUT2D eigenvalue weighted by Crippen LogP contribution is -2.64. The summed E-state index contributed by atoms with van der Waals surface area (Å²) < 4.78 is 20.2. The summed E-state index contributed by atoms with van der Waals surface area (Å²) in [5.74, 6) is 4.83. The van der Waals surface area contributed by atoms with Crippen molar-refractivity contribution in [3.63, 3.8) is 0 Å². The van der Waals surface area contributed by atoms with Crippen LogP contribution < -0.4 is 61.7 Å². The summed E-state index contributed by atoms with van der Waals surface area (Å²) in [6, 6.07) is 91.2. The number of ether oxygens (including phenoxy) is 3. The monoisotopic (exact) mass is 985 g/mol. The summed E-state index contributed by atoms with van der Waals surface area (Å²) in [5, 5.41) is 4.35. The van der Waals surface area contributed by atoms with Crippen molar-refractivity contribution in [3.8, 4) is 34.5 Å². The molecule has 360 valence electrons. The molecule has 0 unspecified atom stereocenters. The zero-order valence-corrected chi connectivity index (χ0v) is 42.0. The van der Waals surface area contributed by atoms with Gasteiger partial charge in [0.15, 0.2) is 0 Å². The predicted octanol–water partition coefficient (Wildman–Crippen LogP) is 14.4. The van der Waals surface area contributed by atoms with E-state index in [-0.39, 0.29) is 13.4 Å². The highest BCUT2D eigenvalue weighted by Gasteiger charge is 2.48. The number of fused-ring (bicyclic) bond motifs is 12. The second-order valence-electron chi connectivity index (χ2n) is 20.4. The van der Waals surface area contributed by atoms with E-state index in [0.717, 1.165) is 118 Å². The van der Waals surface area contributed by atoms with Gasteiger partial charge in [0.1, 0.15) is 34.5 Å². The fourth-order valence-corrected chi connectivity index (χ4v) is 12.7. The molecule has 6 nitrogen and oxygen atoms in total. The molecule has 4 heterocycles. The molecule has 16 rings (SSSR count). The Hall–Kier alpha value is -9.91. The van der Waals surface area contributed by atoms with Crippen molar-refractivity contribution in [2.45, 2.75) is 6.92 Å². The Kier molecular flexibility index (Phi) is 9.64. The molecule has 0 spiro atoms. The second kappa shape index (κ2) is 17.1. The van der Waals surface area contributed by atoms with Crippen LogP contribution in [-0.2, 0) is 0 Å². The molecule has 4 aliphatic rings. The first-order chi connectivity index (χ1) is 38.1. The van der Waals surface area contributed by atoms with E-state index in [1.807, 2.05) is 60.7 Å². The molecule has 0 radical (unpaired) electrons. The SMILES string of the molecule is Cc1ccc(N2c3ccccc3B3c4cc5c(cc4N(c4ccccc4)c4c3c2cc2cc(Oc3ccccc3)ccc42)N(c2ccccc2)c2c3c(cc4cc(Oc6ccccc6)ccc24)Oc2ccccc2B53)cc1. The van der Waals surface area contributed by atoms with Crippen molar-refractivity contribution in [2.24, 2.45) is 0 Å². The van der Waals surface area contributed by atoms with E-state index >= 15 is 0 Å². The first kappa shape index (κ1) is 43.5. The van der Waals surface area contributed by atoms with Gasteiger partial charge in [-0.15, -0.1) is 0 Å². The molecular weight excluding hydrogens is 940 g/mol. The van der Waals surface area contributed by atoms with Gasteiger partial charge in [0.25, 0.3) is 13.4 Å². The minimum absolute atomic E-state index is 0.136. The fourth-order valence-electron chi connectivity index (χ4n) is 12.7. The number of para-hydroxylation sites is 6. The van der Waals surface area contributed by atoms with Crippen molar-refractivity contribution < 1.29 is 14.2 Å². The van der Waals surface area contributed by atoms with Crippen molar-refractivity contribution >= 4 is 119 Å². The Morgan fingerprint density at radius 3 is 1.43 bits per heavy atom. The highest BCUT2D eigenvalue weighted by Crippen LogP contribution is 2.51. The van der Waals surface area contributed by atoms with Gasteiger partial charge >= 0.3 is 0 Å². The third kappa shape index (κ3) is 6.78. The van der Waals surface area contributed by atoms with E-state index in [1.54, 1.807) is 0 Å². The molecule has 0 saturated heterocycles. The quantitative estimate of drug-likeness (QED) is 0.148. The standard InChI is InChI=1S/C69H45B2N3O3/c1-44-30-32-49(33-31-44)72-60-28-16-14-26-56(60)70-58-42-59-62(43-61(58)73(47-18-6-2-7-19-47)68-54-36-34-52(75-50-22-10-4-11-23-50)38-45(54)40-63(72)66(68)70)74(48-20-8-3-9-21-48)69-55-37-35-53(76-51-24-12-5-13-25-51)39-46(55)41-65-67(69)71(59)57-27-15-17-29-64(57)77-65/h2-43H,1H3. The lowest BCUT2D eigenvalue weighted by atomic mass is 9.30. The summed E-state index contributed by atoms with van der Waals surface area (Å²) >= 11 is 0. The zero-order chi connectivity index (χ0) is 50.7. The average molecular weight is 986 g/mol. The minimum Gasteiger partial charge on any atom is -0.458 e. The molecule has 0 fully saturated rings. The molecule has 12 aromatic carbocycles. The average Bonchev–Trinajstić information content (AvgIpc) is 3.60. The van der Waals surface area contributed by atoms with Crippen LogP contribution in [-0.4, -0.2) is 13.4 Å². The zero-order valence-electron chi connectivity index (χ0n) is 42.0. The van der Waals surface area contributed by atoms with Crippen molar-refractivity contribution in [1.29, 1.82) is 0 Å². The first-order valence-electron chi connectivity index (χ1n) is 26.4. The number of nitrogens with zero attached hydrogens (tertiary/aromatic N) is 3. The number of hydrogen-bond donors (Lipinski definition) is 0. The van der Waals surface area contributed by atoms with Crippen LogP contribution in [0.5, 0.6) is 34.5 Å². The van der Waals surface area contributed by atoms with E-state index in [0.29, 0.717) is 0 Å². The number of rotatable bonds is 7. The van der Waals surface area contributed by atoms with Crippen LogP contribution in [0.15, 0.2) is 255 Å². The van der Waals surface area contributed by atoms with Crippen LogP contribution in [0.2, 0.25) is 0 Å². The van der Waals surface area contributed by atoms with Gasteiger partial charge in [-0.25, -0.2) is 0 Å². The topological polar surface area (TPSA) is 37.4 Å². The normalized spacial score (nSPS) is 13.2. The van der Waals surface area contributed by atoms with Gasteiger partial charge in [-0.3, -0.25) is 0 Å². The van der Waals surface area contributed by atoms with Crippen LogP contribution in [0.3, 0.4) is 0 Å². The molecule has 8 heteroatoms. The fraction of sp³-hybridized carbons (Fsp3) is 0.0145. The van der Waals surface area contributed by atoms with Crippen LogP contribution in [0.4, 0.5) is 51.2 Å². The minimum atomic E-state index is -0.150. The van der Waals surface area contributed by atoms with Crippen molar-refractivity contribution in [1.82, 2.24) is 0 Å². The Morgan fingerprint density at radius 2 is 0.818 bits per heavy atom. The summed E-state index contributed by atoms with van der Waals surface area (Å²) in [5.41, 5.74) is 18.5. The molecule has 0 aliphatic carbocycles. The lowest BCUT2D eigenvalue weighted by molar-refractivity contribution is 0.483. The van der Waals surface area contributed by atoms with Crippen LogP contribution in [0, 0.1) is 6.92 Å². The maximum Gasteiger partial charge on any atom is 0.256 e. The Labute approximate surface area is 447 Å². The van der Waals surface area contributed by atoms with Gasteiger partial charge in [0.05, 0.1) is 11.4 Å². The van der Waals surface area contributed by atoms with Gasteiger partial charge in [-0.2, -0.15) is 0 Å². The molecule has 12 aromatic rings. The third-order valence-electron chi connectivity index (χ3n) is 15.9. The summed E-state index contributed by atoms with van der Waals surface area (Å²) in [6.45, 7) is 1.87. The van der Waals surface area contributed by atoms with Crippen LogP contribution >= 0.6 is 0 Å². The summed E-state index contributed by atoms with van der Waals surface area (Å²) in [6.07, 6.45) is 0. The Bertz CT molecular complexity index is 4350. The molecule has 0 atom stereocenters. The van der Waals surface area contributed by atoms with Crippen molar-refractivity contribution in [3.05, 3.63) is 260 Å². The lowest BCUT2D eigenvalue weighted by Gasteiger charge is -2.46. The Morgan fingerprint density at radius 1 is 0.325 bits per heavy atom. The molecule has 0 N–H and O–H groups in total. The highest BCUT2D eigenvalue weighted by molar-refractivity contribution is 7.03. The molecule has 4 aliphatic heterocycles. The van der Waals surface area contributed by atoms with E-state index in [1.165, 1.54) is 27.4 Å². The number of aryl methyl sites for hydroxylation is 1. The number of benzene rings is 12. The first-order valence-corrected chi connectivity index (χ1v) is 26.4. The van der Waals surface area contributed by atoms with Gasteiger partial charge in [-0.05, 0) is 178 Å². The van der Waals surface area contributed by atoms with E-state index in [9.17, 15) is 0 Å². The summed E-state index contributed by atoms with van der Waals surface area (Å²) in [7, 11) is 0. The maximum absolute atomic E-state index is 7.09. The molecule has 0 bridgehead atoms. The smallest absolute Gasteiger partial charge is 0.256 e. The van der Waals surface area contributed by atoms with Crippen molar-refractivity contribution in [2.75, 3.05) is 14.7 Å². The van der Waals surface area contributed by atoms with Gasteiger partial charge in [-0.1, -0.05) is 133 Å². The van der Waals surface area contributed by atoms with Crippen LogP contribution in [0.25, 0.3) is 21.5 Å². The highest BCUT2D eigenvalue weighted by atomic mass is 16.5. The van der Waals surface area contributed by atoms with Gasteiger partial charge in [0, 0.05) is 50.6 Å². The van der Waals surface area contributed by atoms with Gasteiger partial charge in [0.2, 0.25) is 0 Å². The predicted molar refractivity (Wildman–Crippen MR) is 319 cm³/mol.